The highest BCUT2D eigenvalue weighted by Crippen LogP contribution is 2.32. The molecule has 3 aromatic carbocycles. The number of phenols is 1. The van der Waals surface area contributed by atoms with Crippen molar-refractivity contribution < 1.29 is 22.7 Å². The Hall–Kier alpha value is -3.76. The first-order valence-electron chi connectivity index (χ1n) is 11.6. The van der Waals surface area contributed by atoms with Crippen molar-refractivity contribution in [1.29, 1.82) is 0 Å². The molecule has 1 aliphatic heterocycles. The summed E-state index contributed by atoms with van der Waals surface area (Å²) in [5.74, 6) is 0.123. The predicted molar refractivity (Wildman–Crippen MR) is 135 cm³/mol. The second kappa shape index (κ2) is 10.1. The average molecular weight is 509 g/mol. The number of nitrogens with one attached hydrogen (secondary N) is 2. The second-order valence-electron chi connectivity index (χ2n) is 8.70. The Labute approximate surface area is 208 Å². The number of benzene rings is 3. The average Bonchev–Trinajstić information content (AvgIpc) is 2.87. The lowest BCUT2D eigenvalue weighted by Gasteiger charge is -2.23. The Morgan fingerprint density at radius 3 is 2.31 bits per heavy atom. The summed E-state index contributed by atoms with van der Waals surface area (Å²) in [5, 5.41) is 13.4. The fourth-order valence-corrected chi connectivity index (χ4v) is 5.22. The number of fused-ring (bicyclic) bond motifs is 1. The largest absolute Gasteiger partial charge is 0.508 e. The molecule has 0 unspecified atom stereocenters. The molecule has 36 heavy (non-hydrogen) atoms. The first-order chi connectivity index (χ1) is 17.4. The van der Waals surface area contributed by atoms with Gasteiger partial charge in [-0.2, -0.15) is 0 Å². The molecule has 8 nitrogen and oxygen atoms in total. The summed E-state index contributed by atoms with van der Waals surface area (Å²) < 4.78 is 47.4. The lowest BCUT2D eigenvalue weighted by atomic mass is 9.91. The highest BCUT2D eigenvalue weighted by Gasteiger charge is 2.21. The number of halogens is 1. The molecule has 0 bridgehead atoms. The van der Waals surface area contributed by atoms with Crippen LogP contribution in [0.4, 0.5) is 21.7 Å². The lowest BCUT2D eigenvalue weighted by Crippen LogP contribution is -2.18. The van der Waals surface area contributed by atoms with Crippen molar-refractivity contribution in [2.45, 2.75) is 24.2 Å². The molecule has 3 N–H and O–H groups in total. The molecule has 1 aromatic heterocycles. The molecule has 0 atom stereocenters. The summed E-state index contributed by atoms with van der Waals surface area (Å²) in [5.41, 5.74) is 2.63. The third kappa shape index (κ3) is 5.39. The molecule has 2 heterocycles. The molecular formula is C26H25FN4O4S. The molecule has 1 fully saturated rings. The van der Waals surface area contributed by atoms with Crippen LogP contribution < -0.4 is 10.0 Å². The van der Waals surface area contributed by atoms with Gasteiger partial charge >= 0.3 is 0 Å². The number of sulfonamides is 1. The van der Waals surface area contributed by atoms with E-state index in [9.17, 15) is 17.9 Å². The van der Waals surface area contributed by atoms with Gasteiger partial charge < -0.3 is 15.2 Å². The van der Waals surface area contributed by atoms with E-state index in [1.165, 1.54) is 12.1 Å². The van der Waals surface area contributed by atoms with E-state index in [4.69, 9.17) is 4.74 Å². The molecule has 4 aromatic rings. The molecule has 0 radical (unpaired) electrons. The third-order valence-corrected chi connectivity index (χ3v) is 7.48. The minimum Gasteiger partial charge on any atom is -0.508 e. The van der Waals surface area contributed by atoms with Crippen LogP contribution in [-0.4, -0.2) is 36.7 Å². The van der Waals surface area contributed by atoms with Crippen LogP contribution in [0.2, 0.25) is 0 Å². The number of aromatic nitrogens is 2. The number of nitrogens with zero attached hydrogens (tertiary/aromatic N) is 2. The summed E-state index contributed by atoms with van der Waals surface area (Å²) in [4.78, 5) is 9.01. The zero-order valence-electron chi connectivity index (χ0n) is 19.3. The molecule has 0 aliphatic carbocycles. The molecule has 0 amide bonds. The summed E-state index contributed by atoms with van der Waals surface area (Å²) in [7, 11) is -4.08. The van der Waals surface area contributed by atoms with Crippen LogP contribution in [0.5, 0.6) is 5.75 Å². The molecule has 1 aliphatic rings. The van der Waals surface area contributed by atoms with Gasteiger partial charge in [0.15, 0.2) is 11.6 Å². The van der Waals surface area contributed by atoms with Gasteiger partial charge in [0.1, 0.15) is 11.6 Å². The van der Waals surface area contributed by atoms with E-state index < -0.39 is 15.8 Å². The smallest absolute Gasteiger partial charge is 0.263 e. The Bertz CT molecular complexity index is 1490. The van der Waals surface area contributed by atoms with E-state index in [1.54, 1.807) is 30.3 Å². The first kappa shape index (κ1) is 24.0. The third-order valence-electron chi connectivity index (χ3n) is 6.12. The molecule has 10 heteroatoms. The Balaban J connectivity index is 1.53. The molecule has 5 rings (SSSR count). The Kier molecular flexibility index (Phi) is 6.71. The van der Waals surface area contributed by atoms with E-state index in [2.05, 4.69) is 20.0 Å². The number of hydrogen-bond donors (Lipinski definition) is 3. The van der Waals surface area contributed by atoms with Crippen LogP contribution in [0.25, 0.3) is 11.0 Å². The van der Waals surface area contributed by atoms with Crippen LogP contribution in [0.1, 0.15) is 18.4 Å². The Morgan fingerprint density at radius 2 is 1.61 bits per heavy atom. The van der Waals surface area contributed by atoms with Gasteiger partial charge in [0.2, 0.25) is 0 Å². The van der Waals surface area contributed by atoms with Crippen molar-refractivity contribution in [2.24, 2.45) is 5.92 Å². The fourth-order valence-electron chi connectivity index (χ4n) is 4.21. The van der Waals surface area contributed by atoms with Crippen molar-refractivity contribution in [3.8, 4) is 5.75 Å². The number of ether oxygens (including phenoxy) is 1. The van der Waals surface area contributed by atoms with Gasteiger partial charge in [0.25, 0.3) is 10.0 Å². The fraction of sp³-hybridized carbons (Fsp3) is 0.231. The summed E-state index contributed by atoms with van der Waals surface area (Å²) in [6.07, 6.45) is 2.65. The second-order valence-corrected chi connectivity index (χ2v) is 10.4. The van der Waals surface area contributed by atoms with Crippen molar-refractivity contribution in [3.63, 3.8) is 0 Å². The van der Waals surface area contributed by atoms with Gasteiger partial charge in [-0.3, -0.25) is 4.72 Å². The standard InChI is InChI=1S/C26H25FN4O4S/c27-19-6-9-21(10-7-19)36(33,34)31-26-25(28-22-3-1-2-4-23(22)29-26)30-24-16-20(32)8-5-18(24)15-17-11-13-35-14-12-17/h1-10,16-17,32H,11-15H2,(H,28,30)(H,29,31). The van der Waals surface area contributed by atoms with Gasteiger partial charge in [-0.25, -0.2) is 22.8 Å². The van der Waals surface area contributed by atoms with Crippen LogP contribution in [0.3, 0.4) is 0 Å². The maximum absolute atomic E-state index is 13.3. The zero-order chi connectivity index (χ0) is 25.1. The number of phenolic OH excluding ortho intramolecular Hbond substituents is 1. The minimum absolute atomic E-state index is 0.0154. The van der Waals surface area contributed by atoms with E-state index in [-0.39, 0.29) is 22.3 Å². The number of aromatic hydroxyl groups is 1. The van der Waals surface area contributed by atoms with Gasteiger partial charge in [0, 0.05) is 25.0 Å². The number of hydrogen-bond acceptors (Lipinski definition) is 7. The van der Waals surface area contributed by atoms with Gasteiger partial charge in [-0.05, 0) is 73.2 Å². The maximum atomic E-state index is 13.3. The van der Waals surface area contributed by atoms with Crippen molar-refractivity contribution in [1.82, 2.24) is 9.97 Å². The molecule has 186 valence electrons. The van der Waals surface area contributed by atoms with E-state index in [1.807, 2.05) is 12.1 Å². The van der Waals surface area contributed by atoms with Gasteiger partial charge in [0.05, 0.1) is 15.9 Å². The SMILES string of the molecule is O=S(=O)(Nc1nc2ccccc2nc1Nc1cc(O)ccc1CC1CCOCC1)c1ccc(F)cc1. The molecule has 0 spiro atoms. The lowest BCUT2D eigenvalue weighted by molar-refractivity contribution is 0.0666. The van der Waals surface area contributed by atoms with Crippen LogP contribution in [0.15, 0.2) is 71.6 Å². The first-order valence-corrected chi connectivity index (χ1v) is 13.1. The molecule has 1 saturated heterocycles. The summed E-state index contributed by atoms with van der Waals surface area (Å²) in [6.45, 7) is 1.44. The number of para-hydroxylation sites is 2. The van der Waals surface area contributed by atoms with E-state index in [0.717, 1.165) is 50.2 Å². The normalized spacial score (nSPS) is 14.6. The number of anilines is 3. The monoisotopic (exact) mass is 508 g/mol. The van der Waals surface area contributed by atoms with Crippen LogP contribution in [-0.2, 0) is 21.2 Å². The van der Waals surface area contributed by atoms with Gasteiger partial charge in [-0.15, -0.1) is 0 Å². The summed E-state index contributed by atoms with van der Waals surface area (Å²) >= 11 is 0. The van der Waals surface area contributed by atoms with Crippen LogP contribution >= 0.6 is 0 Å². The minimum atomic E-state index is -4.08. The zero-order valence-corrected chi connectivity index (χ0v) is 20.1. The predicted octanol–water partition coefficient (Wildman–Crippen LogP) is 4.99. The highest BCUT2D eigenvalue weighted by atomic mass is 32.2. The van der Waals surface area contributed by atoms with Gasteiger partial charge in [-0.1, -0.05) is 18.2 Å². The van der Waals surface area contributed by atoms with E-state index in [0.29, 0.717) is 22.6 Å². The van der Waals surface area contributed by atoms with Crippen molar-refractivity contribution in [2.75, 3.05) is 23.3 Å². The Morgan fingerprint density at radius 1 is 0.944 bits per heavy atom. The van der Waals surface area contributed by atoms with Crippen molar-refractivity contribution in [3.05, 3.63) is 78.1 Å². The van der Waals surface area contributed by atoms with Crippen molar-refractivity contribution >= 4 is 38.4 Å². The quantitative estimate of drug-likeness (QED) is 0.322. The topological polar surface area (TPSA) is 113 Å². The molecular weight excluding hydrogens is 483 g/mol. The highest BCUT2D eigenvalue weighted by molar-refractivity contribution is 7.92. The van der Waals surface area contributed by atoms with E-state index >= 15 is 0 Å². The summed E-state index contributed by atoms with van der Waals surface area (Å²) in [6, 6.07) is 16.7. The number of rotatable bonds is 7. The van der Waals surface area contributed by atoms with Crippen LogP contribution in [0, 0.1) is 11.7 Å². The molecule has 0 saturated carbocycles. The maximum Gasteiger partial charge on any atom is 0.263 e.